The number of hydrogen-bond acceptors (Lipinski definition) is 3. The average Bonchev–Trinajstić information content (AvgIpc) is 2.68. The zero-order chi connectivity index (χ0) is 19.2. The quantitative estimate of drug-likeness (QED) is 0.601. The Hall–Kier alpha value is -3.11. The van der Waals surface area contributed by atoms with E-state index in [1.54, 1.807) is 48.5 Å². The van der Waals surface area contributed by atoms with Crippen LogP contribution in [0.4, 0.5) is 5.69 Å². The fraction of sp³-hybridized carbons (Fsp3) is 0.0909. The number of carbonyl (C=O) groups excluding carboxylic acids is 2. The molecule has 0 aliphatic heterocycles. The Kier molecular flexibility index (Phi) is 5.89. The Bertz CT molecular complexity index is 950. The fourth-order valence-corrected chi connectivity index (χ4v) is 2.60. The second kappa shape index (κ2) is 8.52. The monoisotopic (exact) mass is 379 g/mol. The first-order valence-corrected chi connectivity index (χ1v) is 8.79. The van der Waals surface area contributed by atoms with Gasteiger partial charge >= 0.3 is 0 Å². The third-order valence-corrected chi connectivity index (χ3v) is 4.22. The summed E-state index contributed by atoms with van der Waals surface area (Å²) in [5.41, 5.74) is 2.66. The van der Waals surface area contributed by atoms with Gasteiger partial charge in [-0.25, -0.2) is 0 Å². The summed E-state index contributed by atoms with van der Waals surface area (Å²) >= 11 is 5.83. The number of aryl methyl sites for hydroxylation is 1. The normalized spacial score (nSPS) is 10.3. The lowest BCUT2D eigenvalue weighted by atomic mass is 10.1. The molecule has 0 aliphatic carbocycles. The minimum Gasteiger partial charge on any atom is -0.485 e. The van der Waals surface area contributed by atoms with Gasteiger partial charge in [0.1, 0.15) is 5.75 Å². The molecule has 0 saturated carbocycles. The van der Waals surface area contributed by atoms with Crippen LogP contribution in [-0.4, -0.2) is 18.3 Å². The van der Waals surface area contributed by atoms with Gasteiger partial charge in [-0.2, -0.15) is 0 Å². The number of para-hydroxylation sites is 1. The second-order valence-corrected chi connectivity index (χ2v) is 6.47. The molecule has 0 radical (unpaired) electrons. The van der Waals surface area contributed by atoms with Crippen molar-refractivity contribution < 1.29 is 14.3 Å². The first-order valence-electron chi connectivity index (χ1n) is 8.41. The van der Waals surface area contributed by atoms with Gasteiger partial charge in [-0.1, -0.05) is 41.4 Å². The molecule has 0 aliphatic rings. The van der Waals surface area contributed by atoms with Crippen molar-refractivity contribution in [3.8, 4) is 5.75 Å². The molecule has 1 N–H and O–H groups in total. The zero-order valence-electron chi connectivity index (χ0n) is 14.7. The standard InChI is InChI=1S/C22H18ClNO3/c1-15-6-12-18(13-7-15)24-22(26)19-4-2-3-5-21(19)27-14-20(25)16-8-10-17(23)11-9-16/h2-13H,14H2,1H3,(H,24,26). The maximum Gasteiger partial charge on any atom is 0.259 e. The molecule has 4 nitrogen and oxygen atoms in total. The number of amides is 1. The summed E-state index contributed by atoms with van der Waals surface area (Å²) in [7, 11) is 0. The molecule has 3 aromatic rings. The van der Waals surface area contributed by atoms with Crippen molar-refractivity contribution >= 4 is 29.0 Å². The van der Waals surface area contributed by atoms with E-state index in [-0.39, 0.29) is 18.3 Å². The second-order valence-electron chi connectivity index (χ2n) is 6.04. The predicted octanol–water partition coefficient (Wildman–Crippen LogP) is 5.16. The molecular formula is C22H18ClNO3. The van der Waals surface area contributed by atoms with Crippen molar-refractivity contribution in [1.82, 2.24) is 0 Å². The maximum atomic E-state index is 12.6. The van der Waals surface area contributed by atoms with Gasteiger partial charge in [-0.3, -0.25) is 9.59 Å². The van der Waals surface area contributed by atoms with Crippen LogP contribution in [0.2, 0.25) is 5.02 Å². The van der Waals surface area contributed by atoms with Crippen LogP contribution in [0, 0.1) is 6.92 Å². The van der Waals surface area contributed by atoms with E-state index in [4.69, 9.17) is 16.3 Å². The molecule has 0 fully saturated rings. The zero-order valence-corrected chi connectivity index (χ0v) is 15.5. The fourth-order valence-electron chi connectivity index (χ4n) is 2.48. The van der Waals surface area contributed by atoms with Crippen LogP contribution in [0.25, 0.3) is 0 Å². The molecule has 0 unspecified atom stereocenters. The molecule has 0 aromatic heterocycles. The smallest absolute Gasteiger partial charge is 0.259 e. The van der Waals surface area contributed by atoms with Gasteiger partial charge in [0.05, 0.1) is 5.56 Å². The number of carbonyl (C=O) groups is 2. The van der Waals surface area contributed by atoms with Gasteiger partial charge in [0, 0.05) is 16.3 Å². The average molecular weight is 380 g/mol. The number of ketones is 1. The summed E-state index contributed by atoms with van der Waals surface area (Å²) in [6.45, 7) is 1.81. The van der Waals surface area contributed by atoms with Crippen molar-refractivity contribution in [2.24, 2.45) is 0 Å². The highest BCUT2D eigenvalue weighted by molar-refractivity contribution is 6.30. The molecule has 0 bridgehead atoms. The molecule has 5 heteroatoms. The third kappa shape index (κ3) is 4.96. The van der Waals surface area contributed by atoms with E-state index in [0.717, 1.165) is 5.56 Å². The van der Waals surface area contributed by atoms with Gasteiger partial charge in [-0.15, -0.1) is 0 Å². The summed E-state index contributed by atoms with van der Waals surface area (Å²) in [5, 5.41) is 3.39. The van der Waals surface area contributed by atoms with Crippen molar-refractivity contribution in [3.05, 3.63) is 94.5 Å². The number of ether oxygens (including phenoxy) is 1. The van der Waals surface area contributed by atoms with E-state index in [1.165, 1.54) is 0 Å². The lowest BCUT2D eigenvalue weighted by Crippen LogP contribution is -2.16. The first-order chi connectivity index (χ1) is 13.0. The highest BCUT2D eigenvalue weighted by atomic mass is 35.5. The number of halogens is 1. The largest absolute Gasteiger partial charge is 0.485 e. The molecule has 0 atom stereocenters. The molecule has 27 heavy (non-hydrogen) atoms. The maximum absolute atomic E-state index is 12.6. The van der Waals surface area contributed by atoms with Crippen LogP contribution in [-0.2, 0) is 0 Å². The van der Waals surface area contributed by atoms with Gasteiger partial charge in [0.2, 0.25) is 0 Å². The molecule has 3 rings (SSSR count). The van der Waals surface area contributed by atoms with Crippen LogP contribution in [0.1, 0.15) is 26.3 Å². The van der Waals surface area contributed by atoms with Crippen molar-refractivity contribution in [1.29, 1.82) is 0 Å². The molecule has 136 valence electrons. The number of nitrogens with one attached hydrogen (secondary N) is 1. The van der Waals surface area contributed by atoms with Crippen molar-refractivity contribution in [2.75, 3.05) is 11.9 Å². The summed E-state index contributed by atoms with van der Waals surface area (Å²) in [6, 6.07) is 20.9. The number of Topliss-reactive ketones (excluding diaryl/α,β-unsaturated/α-hetero) is 1. The lowest BCUT2D eigenvalue weighted by Gasteiger charge is -2.11. The Balaban J connectivity index is 1.69. The van der Waals surface area contributed by atoms with Crippen LogP contribution in [0.15, 0.2) is 72.8 Å². The van der Waals surface area contributed by atoms with E-state index < -0.39 is 0 Å². The van der Waals surface area contributed by atoms with Gasteiger partial charge < -0.3 is 10.1 Å². The van der Waals surface area contributed by atoms with Crippen LogP contribution >= 0.6 is 11.6 Å². The Morgan fingerprint density at radius 2 is 1.59 bits per heavy atom. The summed E-state index contributed by atoms with van der Waals surface area (Å²) in [5.74, 6) is -0.141. The Morgan fingerprint density at radius 3 is 2.30 bits per heavy atom. The highest BCUT2D eigenvalue weighted by Crippen LogP contribution is 2.20. The summed E-state index contributed by atoms with van der Waals surface area (Å²) in [4.78, 5) is 24.8. The molecule has 0 saturated heterocycles. The van der Waals surface area contributed by atoms with E-state index in [1.807, 2.05) is 31.2 Å². The van der Waals surface area contributed by atoms with Gasteiger partial charge in [-0.05, 0) is 55.5 Å². The van der Waals surface area contributed by atoms with Gasteiger partial charge in [0.15, 0.2) is 12.4 Å². The summed E-state index contributed by atoms with van der Waals surface area (Å²) in [6.07, 6.45) is 0. The van der Waals surface area contributed by atoms with Crippen molar-refractivity contribution in [2.45, 2.75) is 6.92 Å². The van der Waals surface area contributed by atoms with E-state index >= 15 is 0 Å². The molecule has 3 aromatic carbocycles. The predicted molar refractivity (Wildman–Crippen MR) is 107 cm³/mol. The lowest BCUT2D eigenvalue weighted by molar-refractivity contribution is 0.0914. The summed E-state index contributed by atoms with van der Waals surface area (Å²) < 4.78 is 5.62. The Labute approximate surface area is 162 Å². The molecule has 0 heterocycles. The van der Waals surface area contributed by atoms with Crippen LogP contribution < -0.4 is 10.1 Å². The highest BCUT2D eigenvalue weighted by Gasteiger charge is 2.14. The molecule has 1 amide bonds. The van der Waals surface area contributed by atoms with E-state index in [2.05, 4.69) is 5.32 Å². The first kappa shape index (κ1) is 18.7. The van der Waals surface area contributed by atoms with E-state index in [0.29, 0.717) is 27.6 Å². The minimum atomic E-state index is -0.298. The number of anilines is 1. The third-order valence-electron chi connectivity index (χ3n) is 3.97. The molecule has 0 spiro atoms. The van der Waals surface area contributed by atoms with E-state index in [9.17, 15) is 9.59 Å². The van der Waals surface area contributed by atoms with Gasteiger partial charge in [0.25, 0.3) is 5.91 Å². The molecular weight excluding hydrogens is 362 g/mol. The van der Waals surface area contributed by atoms with Crippen molar-refractivity contribution in [3.63, 3.8) is 0 Å². The Morgan fingerprint density at radius 1 is 0.926 bits per heavy atom. The topological polar surface area (TPSA) is 55.4 Å². The number of hydrogen-bond donors (Lipinski definition) is 1. The number of rotatable bonds is 6. The minimum absolute atomic E-state index is 0.170. The van der Waals surface area contributed by atoms with Crippen LogP contribution in [0.3, 0.4) is 0 Å². The SMILES string of the molecule is Cc1ccc(NC(=O)c2ccccc2OCC(=O)c2ccc(Cl)cc2)cc1. The number of benzene rings is 3. The van der Waals surface area contributed by atoms with Crippen LogP contribution in [0.5, 0.6) is 5.75 Å².